The normalized spacial score (nSPS) is 13.6. The van der Waals surface area contributed by atoms with Gasteiger partial charge in [-0.1, -0.05) is 13.3 Å². The Kier molecular flexibility index (Phi) is 3.74. The van der Waals surface area contributed by atoms with Gasteiger partial charge >= 0.3 is 6.18 Å². The summed E-state index contributed by atoms with van der Waals surface area (Å²) < 4.78 is 42.0. The highest BCUT2D eigenvalue weighted by molar-refractivity contribution is 5.35. The Hall–Kier alpha value is -1.30. The van der Waals surface area contributed by atoms with Gasteiger partial charge in [0.1, 0.15) is 5.75 Å². The molecule has 0 unspecified atom stereocenters. The molecule has 0 aliphatic carbocycles. The minimum atomic E-state index is -4.53. The molecule has 1 N–H and O–H groups in total. The summed E-state index contributed by atoms with van der Waals surface area (Å²) in [6.07, 6.45) is -2.95. The Morgan fingerprint density at radius 3 is 2.56 bits per heavy atom. The summed E-state index contributed by atoms with van der Waals surface area (Å²) in [5, 5.41) is 0. The number of hydrogen-bond acceptors (Lipinski definition) is 2. The van der Waals surface area contributed by atoms with Crippen molar-refractivity contribution in [1.29, 1.82) is 0 Å². The molecular weight excluding hydrogens is 221 g/mol. The van der Waals surface area contributed by atoms with Crippen molar-refractivity contribution in [3.63, 3.8) is 0 Å². The Morgan fingerprint density at radius 2 is 2.12 bits per heavy atom. The number of nitrogens with one attached hydrogen (secondary N) is 1. The van der Waals surface area contributed by atoms with Crippen molar-refractivity contribution in [2.45, 2.75) is 25.6 Å². The molecule has 1 atom stereocenters. The Bertz CT molecular complexity index is 366. The van der Waals surface area contributed by atoms with Crippen LogP contribution >= 0.6 is 0 Å². The van der Waals surface area contributed by atoms with E-state index in [0.29, 0.717) is 12.0 Å². The highest BCUT2D eigenvalue weighted by atomic mass is 19.4. The lowest BCUT2D eigenvalue weighted by Gasteiger charge is -2.20. The lowest BCUT2D eigenvalue weighted by Crippen LogP contribution is -2.11. The summed E-state index contributed by atoms with van der Waals surface area (Å²) >= 11 is 0. The maximum absolute atomic E-state index is 12.5. The average Bonchev–Trinajstić information content (AvgIpc) is 2.25. The van der Waals surface area contributed by atoms with Gasteiger partial charge < -0.3 is 10.5 Å². The molecule has 0 spiro atoms. The van der Waals surface area contributed by atoms with Crippen LogP contribution in [-0.2, 0) is 6.18 Å². The van der Waals surface area contributed by atoms with Gasteiger partial charge in [-0.05, 0) is 11.6 Å². The van der Waals surface area contributed by atoms with E-state index >= 15 is 0 Å². The number of ether oxygens (including phenoxy) is 1. The lowest BCUT2D eigenvalue weighted by molar-refractivity contribution is -0.142. The fraction of sp³-hybridized carbons (Fsp3) is 0.500. The number of methoxy groups -OCH3 is 1. The SMILES string of the molecule is CC[C@@H]([NH-])c1cnc(C(F)(F)F)c(OC)c1. The minimum Gasteiger partial charge on any atom is -0.671 e. The van der Waals surface area contributed by atoms with Gasteiger partial charge in [-0.15, -0.1) is 6.04 Å². The maximum atomic E-state index is 12.5. The molecule has 6 heteroatoms. The zero-order chi connectivity index (χ0) is 12.3. The van der Waals surface area contributed by atoms with Crippen molar-refractivity contribution in [3.05, 3.63) is 29.3 Å². The summed E-state index contributed by atoms with van der Waals surface area (Å²) in [5.74, 6) is -0.337. The molecule has 1 aromatic heterocycles. The predicted molar refractivity (Wildman–Crippen MR) is 53.1 cm³/mol. The van der Waals surface area contributed by atoms with E-state index in [-0.39, 0.29) is 5.75 Å². The van der Waals surface area contributed by atoms with E-state index in [2.05, 4.69) is 9.72 Å². The number of alkyl halides is 3. The second-order valence-electron chi connectivity index (χ2n) is 3.28. The van der Waals surface area contributed by atoms with E-state index in [1.54, 1.807) is 6.92 Å². The largest absolute Gasteiger partial charge is 0.671 e. The third kappa shape index (κ3) is 2.63. The zero-order valence-corrected chi connectivity index (χ0v) is 8.93. The number of pyridine rings is 1. The first-order valence-electron chi connectivity index (χ1n) is 4.72. The van der Waals surface area contributed by atoms with E-state index in [9.17, 15) is 13.2 Å². The van der Waals surface area contributed by atoms with E-state index in [1.165, 1.54) is 6.07 Å². The highest BCUT2D eigenvalue weighted by Gasteiger charge is 2.36. The van der Waals surface area contributed by atoms with Crippen LogP contribution in [0.2, 0.25) is 0 Å². The third-order valence-electron chi connectivity index (χ3n) is 2.17. The molecule has 1 heterocycles. The summed E-state index contributed by atoms with van der Waals surface area (Å²) in [6.45, 7) is 1.78. The van der Waals surface area contributed by atoms with Crippen LogP contribution in [0.15, 0.2) is 12.3 Å². The fourth-order valence-corrected chi connectivity index (χ4v) is 1.25. The standard InChI is InChI=1S/C10H12F3N2O/c1-3-7(14)6-4-8(16-2)9(15-5-6)10(11,12)13/h4-5,7,14H,3H2,1-2H3/q-1/t7-/m1/s1. The molecular formula is C10H12F3N2O-. The van der Waals surface area contributed by atoms with Gasteiger partial charge in [0.25, 0.3) is 0 Å². The quantitative estimate of drug-likeness (QED) is 0.800. The molecule has 16 heavy (non-hydrogen) atoms. The lowest BCUT2D eigenvalue weighted by atomic mass is 10.1. The highest BCUT2D eigenvalue weighted by Crippen LogP contribution is 2.36. The molecule has 0 saturated carbocycles. The van der Waals surface area contributed by atoms with E-state index < -0.39 is 17.9 Å². The van der Waals surface area contributed by atoms with Crippen LogP contribution in [0.4, 0.5) is 13.2 Å². The summed E-state index contributed by atoms with van der Waals surface area (Å²) in [4.78, 5) is 3.32. The summed E-state index contributed by atoms with van der Waals surface area (Å²) in [6, 6.07) is 0.639. The van der Waals surface area contributed by atoms with Gasteiger partial charge in [0.2, 0.25) is 0 Å². The van der Waals surface area contributed by atoms with E-state index in [0.717, 1.165) is 13.3 Å². The number of nitrogens with zero attached hydrogens (tertiary/aromatic N) is 1. The monoisotopic (exact) mass is 233 g/mol. The smallest absolute Gasteiger partial charge is 0.437 e. The first kappa shape index (κ1) is 12.8. The Labute approximate surface area is 91.4 Å². The molecule has 0 aliphatic heterocycles. The molecule has 1 aromatic rings. The van der Waals surface area contributed by atoms with Gasteiger partial charge in [0.15, 0.2) is 5.69 Å². The number of rotatable bonds is 3. The van der Waals surface area contributed by atoms with Gasteiger partial charge in [0, 0.05) is 6.20 Å². The molecule has 0 amide bonds. The van der Waals surface area contributed by atoms with Crippen molar-refractivity contribution in [3.8, 4) is 5.75 Å². The van der Waals surface area contributed by atoms with Gasteiger partial charge in [-0.25, -0.2) is 4.98 Å². The fourth-order valence-electron chi connectivity index (χ4n) is 1.25. The summed E-state index contributed by atoms with van der Waals surface area (Å²) in [5.41, 5.74) is 6.95. The molecule has 0 fully saturated rings. The molecule has 3 nitrogen and oxygen atoms in total. The Balaban J connectivity index is 3.17. The van der Waals surface area contributed by atoms with Crippen LogP contribution in [0.25, 0.3) is 5.73 Å². The van der Waals surface area contributed by atoms with Gasteiger partial charge in [0.05, 0.1) is 7.11 Å². The second kappa shape index (κ2) is 4.69. The number of hydrogen-bond donors (Lipinski definition) is 0. The Morgan fingerprint density at radius 1 is 1.50 bits per heavy atom. The first-order valence-corrected chi connectivity index (χ1v) is 4.72. The third-order valence-corrected chi connectivity index (χ3v) is 2.17. The molecule has 90 valence electrons. The van der Waals surface area contributed by atoms with E-state index in [4.69, 9.17) is 5.73 Å². The van der Waals surface area contributed by atoms with E-state index in [1.807, 2.05) is 0 Å². The number of aromatic nitrogens is 1. The van der Waals surface area contributed by atoms with Crippen molar-refractivity contribution in [2.75, 3.05) is 7.11 Å². The molecule has 0 aliphatic rings. The van der Waals surface area contributed by atoms with Crippen molar-refractivity contribution in [2.24, 2.45) is 0 Å². The topological polar surface area (TPSA) is 45.9 Å². The molecule has 0 bridgehead atoms. The van der Waals surface area contributed by atoms with Crippen LogP contribution in [0.5, 0.6) is 5.75 Å². The first-order chi connectivity index (χ1) is 7.40. The van der Waals surface area contributed by atoms with Crippen molar-refractivity contribution < 1.29 is 17.9 Å². The van der Waals surface area contributed by atoms with Crippen LogP contribution in [0.3, 0.4) is 0 Å². The van der Waals surface area contributed by atoms with Crippen molar-refractivity contribution >= 4 is 0 Å². The van der Waals surface area contributed by atoms with Crippen LogP contribution in [0.1, 0.15) is 30.6 Å². The minimum absolute atomic E-state index is 0.337. The zero-order valence-electron chi connectivity index (χ0n) is 8.93. The van der Waals surface area contributed by atoms with Crippen LogP contribution in [-0.4, -0.2) is 12.1 Å². The molecule has 0 saturated heterocycles. The second-order valence-corrected chi connectivity index (χ2v) is 3.28. The molecule has 1 rings (SSSR count). The number of halogens is 3. The average molecular weight is 233 g/mol. The molecule has 0 aromatic carbocycles. The molecule has 0 radical (unpaired) electrons. The predicted octanol–water partition coefficient (Wildman–Crippen LogP) is 3.61. The van der Waals surface area contributed by atoms with Gasteiger partial charge in [-0.2, -0.15) is 13.2 Å². The van der Waals surface area contributed by atoms with Crippen molar-refractivity contribution in [1.82, 2.24) is 4.98 Å². The summed E-state index contributed by atoms with van der Waals surface area (Å²) in [7, 11) is 1.15. The van der Waals surface area contributed by atoms with Crippen LogP contribution < -0.4 is 4.74 Å². The maximum Gasteiger partial charge on any atom is 0.437 e. The van der Waals surface area contributed by atoms with Gasteiger partial charge in [-0.3, -0.25) is 0 Å². The van der Waals surface area contributed by atoms with Crippen LogP contribution in [0, 0.1) is 0 Å².